The van der Waals surface area contributed by atoms with Crippen molar-refractivity contribution in [3.8, 4) is 5.75 Å². The molecule has 0 radical (unpaired) electrons. The first-order chi connectivity index (χ1) is 11.9. The molecule has 0 saturated carbocycles. The largest absolute Gasteiger partial charge is 0.496 e. The number of hydrogen-bond acceptors (Lipinski definition) is 3. The molecule has 0 aliphatic rings. The Morgan fingerprint density at radius 1 is 1.28 bits per heavy atom. The summed E-state index contributed by atoms with van der Waals surface area (Å²) in [7, 11) is 1.49. The second-order valence-electron chi connectivity index (χ2n) is 5.35. The molecule has 134 valence electrons. The molecule has 1 amide bonds. The predicted octanol–water partition coefficient (Wildman–Crippen LogP) is 3.18. The molecule has 2 aromatic rings. The maximum atomic E-state index is 12.3. The van der Waals surface area contributed by atoms with Crippen LogP contribution >= 0.6 is 11.6 Å². The number of amides is 1. The van der Waals surface area contributed by atoms with Crippen LogP contribution in [0, 0.1) is 6.92 Å². The molecule has 1 atom stereocenters. The molecule has 3 N–H and O–H groups in total. The fourth-order valence-corrected chi connectivity index (χ4v) is 2.88. The van der Waals surface area contributed by atoms with E-state index in [2.05, 4.69) is 10.0 Å². The standard InChI is InChI=1S/C17H19ClN2O4S/c1-11-3-4-12(9-15(11)20-25(22)23)7-8-19-17(21)14-10-13(18)5-6-16(14)24-2/h3-6,9-10,20H,7-8H2,1-2H3,(H,19,21)(H,22,23). The van der Waals surface area contributed by atoms with E-state index in [-0.39, 0.29) is 5.91 Å². The van der Waals surface area contributed by atoms with Gasteiger partial charge in [-0.2, -0.15) is 0 Å². The number of aryl methyl sites for hydroxylation is 1. The summed E-state index contributed by atoms with van der Waals surface area (Å²) in [5.41, 5.74) is 2.74. The van der Waals surface area contributed by atoms with Gasteiger partial charge < -0.3 is 10.1 Å². The minimum Gasteiger partial charge on any atom is -0.496 e. The highest BCUT2D eigenvalue weighted by atomic mass is 35.5. The van der Waals surface area contributed by atoms with E-state index in [1.165, 1.54) is 7.11 Å². The molecule has 2 aromatic carbocycles. The van der Waals surface area contributed by atoms with Crippen LogP contribution in [0.15, 0.2) is 36.4 Å². The van der Waals surface area contributed by atoms with E-state index in [4.69, 9.17) is 20.9 Å². The molecule has 0 aliphatic heterocycles. The maximum absolute atomic E-state index is 12.3. The number of benzene rings is 2. The van der Waals surface area contributed by atoms with E-state index in [9.17, 15) is 9.00 Å². The Hall–Kier alpha value is -2.09. The third kappa shape index (κ3) is 5.45. The summed E-state index contributed by atoms with van der Waals surface area (Å²) in [6.07, 6.45) is 0.571. The third-order valence-corrected chi connectivity index (χ3v) is 4.23. The van der Waals surface area contributed by atoms with Gasteiger partial charge in [-0.05, 0) is 48.7 Å². The lowest BCUT2D eigenvalue weighted by molar-refractivity contribution is 0.0951. The lowest BCUT2D eigenvalue weighted by Crippen LogP contribution is -2.26. The second-order valence-corrected chi connectivity index (χ2v) is 6.49. The summed E-state index contributed by atoms with van der Waals surface area (Å²) in [4.78, 5) is 12.3. The van der Waals surface area contributed by atoms with Gasteiger partial charge in [0.2, 0.25) is 0 Å². The quantitative estimate of drug-likeness (QED) is 0.642. The molecule has 0 fully saturated rings. The van der Waals surface area contributed by atoms with Crippen LogP contribution in [0.2, 0.25) is 5.02 Å². The van der Waals surface area contributed by atoms with E-state index >= 15 is 0 Å². The smallest absolute Gasteiger partial charge is 0.259 e. The highest BCUT2D eigenvalue weighted by molar-refractivity contribution is 7.80. The van der Waals surface area contributed by atoms with Crippen molar-refractivity contribution in [2.24, 2.45) is 0 Å². The Morgan fingerprint density at radius 3 is 2.72 bits per heavy atom. The highest BCUT2D eigenvalue weighted by Gasteiger charge is 2.12. The Morgan fingerprint density at radius 2 is 2.04 bits per heavy atom. The van der Waals surface area contributed by atoms with Gasteiger partial charge in [0.25, 0.3) is 17.2 Å². The molecular weight excluding hydrogens is 364 g/mol. The van der Waals surface area contributed by atoms with Crippen molar-refractivity contribution in [2.75, 3.05) is 18.4 Å². The third-order valence-electron chi connectivity index (χ3n) is 3.60. The number of methoxy groups -OCH3 is 1. The van der Waals surface area contributed by atoms with Gasteiger partial charge in [0.05, 0.1) is 18.4 Å². The lowest BCUT2D eigenvalue weighted by Gasteiger charge is -2.11. The van der Waals surface area contributed by atoms with Crippen LogP contribution in [0.3, 0.4) is 0 Å². The molecule has 0 bridgehead atoms. The molecule has 8 heteroatoms. The zero-order chi connectivity index (χ0) is 18.4. The van der Waals surface area contributed by atoms with E-state index in [0.717, 1.165) is 11.1 Å². The van der Waals surface area contributed by atoms with Gasteiger partial charge in [0, 0.05) is 11.6 Å². The first-order valence-electron chi connectivity index (χ1n) is 7.49. The Balaban J connectivity index is 2.00. The Kier molecular flexibility index (Phi) is 6.81. The van der Waals surface area contributed by atoms with Gasteiger partial charge in [0.1, 0.15) is 5.75 Å². The predicted molar refractivity (Wildman–Crippen MR) is 99.6 cm³/mol. The van der Waals surface area contributed by atoms with Gasteiger partial charge >= 0.3 is 0 Å². The fraction of sp³-hybridized carbons (Fsp3) is 0.235. The molecule has 25 heavy (non-hydrogen) atoms. The summed E-state index contributed by atoms with van der Waals surface area (Å²) in [6, 6.07) is 10.4. The van der Waals surface area contributed by atoms with Crippen LogP contribution in [0.5, 0.6) is 5.75 Å². The molecule has 0 heterocycles. The number of anilines is 1. The van der Waals surface area contributed by atoms with Gasteiger partial charge in [-0.15, -0.1) is 0 Å². The average molecular weight is 383 g/mol. The second kappa shape index (κ2) is 8.84. The number of nitrogens with one attached hydrogen (secondary N) is 2. The van der Waals surface area contributed by atoms with Crippen molar-refractivity contribution in [1.82, 2.24) is 5.32 Å². The first kappa shape index (κ1) is 19.2. The van der Waals surface area contributed by atoms with E-state index in [1.807, 2.05) is 19.1 Å². The summed E-state index contributed by atoms with van der Waals surface area (Å²) < 4.78 is 27.5. The van der Waals surface area contributed by atoms with Crippen LogP contribution in [-0.4, -0.2) is 28.3 Å². The lowest BCUT2D eigenvalue weighted by atomic mass is 10.1. The monoisotopic (exact) mass is 382 g/mol. The molecule has 0 aliphatic carbocycles. The maximum Gasteiger partial charge on any atom is 0.259 e. The van der Waals surface area contributed by atoms with Gasteiger partial charge in [-0.3, -0.25) is 14.1 Å². The van der Waals surface area contributed by atoms with Crippen molar-refractivity contribution in [3.05, 3.63) is 58.1 Å². The summed E-state index contributed by atoms with van der Waals surface area (Å²) in [5.74, 6) is 0.176. The number of carbonyl (C=O) groups is 1. The van der Waals surface area contributed by atoms with E-state index in [1.54, 1.807) is 24.3 Å². The molecule has 1 unspecified atom stereocenters. The number of ether oxygens (including phenoxy) is 1. The summed E-state index contributed by atoms with van der Waals surface area (Å²) in [5, 5.41) is 3.27. The number of carbonyl (C=O) groups excluding carboxylic acids is 1. The molecule has 2 rings (SSSR count). The SMILES string of the molecule is COc1ccc(Cl)cc1C(=O)NCCc1ccc(C)c(NS(=O)O)c1. The topological polar surface area (TPSA) is 87.7 Å². The minimum atomic E-state index is -2.13. The molecule has 0 aromatic heterocycles. The Bertz CT molecular complexity index is 798. The molecule has 6 nitrogen and oxygen atoms in total. The van der Waals surface area contributed by atoms with Crippen molar-refractivity contribution >= 4 is 34.5 Å². The number of rotatable bonds is 7. The van der Waals surface area contributed by atoms with Crippen LogP contribution in [0.1, 0.15) is 21.5 Å². The molecular formula is C17H19ClN2O4S. The van der Waals surface area contributed by atoms with Crippen LogP contribution < -0.4 is 14.8 Å². The van der Waals surface area contributed by atoms with Gasteiger partial charge in [0.15, 0.2) is 0 Å². The highest BCUT2D eigenvalue weighted by Crippen LogP contribution is 2.22. The fourth-order valence-electron chi connectivity index (χ4n) is 2.30. The number of hydrogen-bond donors (Lipinski definition) is 3. The molecule has 0 spiro atoms. The minimum absolute atomic E-state index is 0.277. The average Bonchev–Trinajstić information content (AvgIpc) is 2.57. The van der Waals surface area contributed by atoms with Crippen LogP contribution in [0.4, 0.5) is 5.69 Å². The van der Waals surface area contributed by atoms with Gasteiger partial charge in [-0.25, -0.2) is 4.21 Å². The Labute approximate surface area is 154 Å². The normalized spacial score (nSPS) is 11.7. The summed E-state index contributed by atoms with van der Waals surface area (Å²) >= 11 is 3.81. The van der Waals surface area contributed by atoms with Gasteiger partial charge in [-0.1, -0.05) is 23.7 Å². The van der Waals surface area contributed by atoms with E-state index in [0.29, 0.717) is 35.0 Å². The zero-order valence-electron chi connectivity index (χ0n) is 13.8. The first-order valence-corrected chi connectivity index (χ1v) is 8.98. The zero-order valence-corrected chi connectivity index (χ0v) is 15.4. The van der Waals surface area contributed by atoms with Crippen molar-refractivity contribution < 1.29 is 18.3 Å². The van der Waals surface area contributed by atoms with Crippen molar-refractivity contribution in [1.29, 1.82) is 0 Å². The van der Waals surface area contributed by atoms with Crippen molar-refractivity contribution in [2.45, 2.75) is 13.3 Å². The van der Waals surface area contributed by atoms with E-state index < -0.39 is 11.3 Å². The van der Waals surface area contributed by atoms with Crippen LogP contribution in [-0.2, 0) is 17.7 Å². The van der Waals surface area contributed by atoms with Crippen LogP contribution in [0.25, 0.3) is 0 Å². The number of halogens is 1. The molecule has 0 saturated heterocycles. The summed E-state index contributed by atoms with van der Waals surface area (Å²) in [6.45, 7) is 2.24. The van der Waals surface area contributed by atoms with Crippen molar-refractivity contribution in [3.63, 3.8) is 0 Å².